The summed E-state index contributed by atoms with van der Waals surface area (Å²) in [4.78, 5) is 25.6. The van der Waals surface area contributed by atoms with Crippen LogP contribution in [0.25, 0.3) is 0 Å². The lowest BCUT2D eigenvalue weighted by molar-refractivity contribution is -0.152. The molecule has 0 aliphatic carbocycles. The molecule has 7 heteroatoms. The van der Waals surface area contributed by atoms with E-state index in [0.29, 0.717) is 25.7 Å². The summed E-state index contributed by atoms with van der Waals surface area (Å²) in [6.07, 6.45) is 1.99. The van der Waals surface area contributed by atoms with Crippen LogP contribution in [0.5, 0.6) is 5.75 Å². The van der Waals surface area contributed by atoms with Gasteiger partial charge in [-0.2, -0.15) is 0 Å². The molecule has 0 spiro atoms. The number of nitrogens with zero attached hydrogens (tertiary/aromatic N) is 1. The van der Waals surface area contributed by atoms with Gasteiger partial charge in [-0.15, -0.1) is 0 Å². The zero-order valence-electron chi connectivity index (χ0n) is 13.8. The molecule has 5 nitrogen and oxygen atoms in total. The SMILES string of the molecule is CCC[C@@]1(C(=O)O)CCCN(C(=O)c2c(F)ccc(OC)c2F)C1. The first kappa shape index (κ1) is 18.2. The standard InChI is InChI=1S/C17H21F2NO4/c1-3-7-17(16(22)23)8-4-9-20(10-17)15(21)13-11(18)5-6-12(24-2)14(13)19/h5-6H,3-4,7-10H2,1-2H3,(H,22,23)/t17-/m1/s1. The Bertz CT molecular complexity index is 646. The topological polar surface area (TPSA) is 66.8 Å². The second-order valence-electron chi connectivity index (χ2n) is 6.10. The maximum atomic E-state index is 14.3. The van der Waals surface area contributed by atoms with Gasteiger partial charge in [0.05, 0.1) is 12.5 Å². The van der Waals surface area contributed by atoms with Crippen LogP contribution in [0, 0.1) is 17.0 Å². The number of carboxylic acids is 1. The van der Waals surface area contributed by atoms with Crippen LogP contribution in [-0.2, 0) is 4.79 Å². The molecule has 1 aliphatic rings. The molecular weight excluding hydrogens is 320 g/mol. The van der Waals surface area contributed by atoms with E-state index >= 15 is 0 Å². The van der Waals surface area contributed by atoms with Crippen LogP contribution in [0.1, 0.15) is 43.0 Å². The molecule has 1 atom stereocenters. The van der Waals surface area contributed by atoms with Crippen LogP contribution < -0.4 is 4.74 Å². The number of methoxy groups -OCH3 is 1. The summed E-state index contributed by atoms with van der Waals surface area (Å²) in [7, 11) is 1.22. The van der Waals surface area contributed by atoms with Crippen LogP contribution in [0.3, 0.4) is 0 Å². The number of piperidine rings is 1. The normalized spacial score (nSPS) is 20.8. The van der Waals surface area contributed by atoms with Crippen molar-refractivity contribution in [1.29, 1.82) is 0 Å². The van der Waals surface area contributed by atoms with Crippen LogP contribution >= 0.6 is 0 Å². The van der Waals surface area contributed by atoms with Crippen LogP contribution in [0.15, 0.2) is 12.1 Å². The van der Waals surface area contributed by atoms with E-state index < -0.39 is 34.5 Å². The fourth-order valence-electron chi connectivity index (χ4n) is 3.31. The number of ether oxygens (including phenoxy) is 1. The van der Waals surface area contributed by atoms with E-state index in [1.54, 1.807) is 0 Å². The summed E-state index contributed by atoms with van der Waals surface area (Å²) in [6.45, 7) is 2.09. The number of aliphatic carboxylic acids is 1. The van der Waals surface area contributed by atoms with E-state index in [-0.39, 0.29) is 18.8 Å². The number of rotatable bonds is 5. The summed E-state index contributed by atoms with van der Waals surface area (Å²) in [6, 6.07) is 2.08. The zero-order valence-corrected chi connectivity index (χ0v) is 13.8. The average molecular weight is 341 g/mol. The average Bonchev–Trinajstić information content (AvgIpc) is 2.55. The third kappa shape index (κ3) is 3.20. The Balaban J connectivity index is 2.35. The monoisotopic (exact) mass is 341 g/mol. The predicted octanol–water partition coefficient (Wildman–Crippen LogP) is 3.08. The molecule has 1 heterocycles. The van der Waals surface area contributed by atoms with Crippen LogP contribution in [-0.4, -0.2) is 42.1 Å². The number of hydrogen-bond acceptors (Lipinski definition) is 3. The Kier molecular flexibility index (Phi) is 5.41. The Hall–Kier alpha value is -2.18. The number of halogens is 2. The fourth-order valence-corrected chi connectivity index (χ4v) is 3.31. The van der Waals surface area contributed by atoms with Crippen LogP contribution in [0.4, 0.5) is 8.78 Å². The third-order valence-electron chi connectivity index (χ3n) is 4.54. The number of amides is 1. The van der Waals surface area contributed by atoms with Crippen molar-refractivity contribution in [2.45, 2.75) is 32.6 Å². The van der Waals surface area contributed by atoms with Gasteiger partial charge in [-0.3, -0.25) is 9.59 Å². The number of carbonyl (C=O) groups excluding carboxylic acids is 1. The molecule has 1 fully saturated rings. The van der Waals surface area contributed by atoms with E-state index in [1.807, 2.05) is 6.92 Å². The first-order chi connectivity index (χ1) is 11.4. The second kappa shape index (κ2) is 7.15. The van der Waals surface area contributed by atoms with Gasteiger partial charge in [0.2, 0.25) is 0 Å². The van der Waals surface area contributed by atoms with Gasteiger partial charge in [-0.05, 0) is 31.4 Å². The molecular formula is C17H21F2NO4. The molecule has 1 aliphatic heterocycles. The van der Waals surface area contributed by atoms with Crippen molar-refractivity contribution in [3.05, 3.63) is 29.3 Å². The zero-order chi connectivity index (χ0) is 17.9. The summed E-state index contributed by atoms with van der Waals surface area (Å²) < 4.78 is 33.1. The number of hydrogen-bond donors (Lipinski definition) is 1. The molecule has 1 aromatic carbocycles. The molecule has 1 N–H and O–H groups in total. The van der Waals surface area contributed by atoms with E-state index in [4.69, 9.17) is 4.74 Å². The molecule has 0 radical (unpaired) electrons. The summed E-state index contributed by atoms with van der Waals surface area (Å²) in [5.41, 5.74) is -1.76. The third-order valence-corrected chi connectivity index (χ3v) is 4.54. The Morgan fingerprint density at radius 1 is 1.38 bits per heavy atom. The van der Waals surface area contributed by atoms with Gasteiger partial charge in [-0.25, -0.2) is 8.78 Å². The van der Waals surface area contributed by atoms with Crippen molar-refractivity contribution in [3.8, 4) is 5.75 Å². The fraction of sp³-hybridized carbons (Fsp3) is 0.529. The largest absolute Gasteiger partial charge is 0.494 e. The van der Waals surface area contributed by atoms with Crippen molar-refractivity contribution in [1.82, 2.24) is 4.90 Å². The number of likely N-dealkylation sites (tertiary alicyclic amines) is 1. The maximum absolute atomic E-state index is 14.3. The van der Waals surface area contributed by atoms with E-state index in [9.17, 15) is 23.5 Å². The first-order valence-electron chi connectivity index (χ1n) is 7.91. The van der Waals surface area contributed by atoms with Gasteiger partial charge in [0.25, 0.3) is 5.91 Å². The van der Waals surface area contributed by atoms with Crippen molar-refractivity contribution in [2.75, 3.05) is 20.2 Å². The molecule has 24 heavy (non-hydrogen) atoms. The molecule has 132 valence electrons. The smallest absolute Gasteiger partial charge is 0.311 e. The van der Waals surface area contributed by atoms with Gasteiger partial charge in [0.1, 0.15) is 11.4 Å². The highest BCUT2D eigenvalue weighted by Gasteiger charge is 2.43. The van der Waals surface area contributed by atoms with Crippen molar-refractivity contribution >= 4 is 11.9 Å². The summed E-state index contributed by atoms with van der Waals surface area (Å²) >= 11 is 0. The number of carboxylic acid groups (broad SMARTS) is 1. The lowest BCUT2D eigenvalue weighted by Crippen LogP contribution is -2.50. The Morgan fingerprint density at radius 2 is 2.08 bits per heavy atom. The van der Waals surface area contributed by atoms with Gasteiger partial charge in [-0.1, -0.05) is 13.3 Å². The highest BCUT2D eigenvalue weighted by atomic mass is 19.1. The lowest BCUT2D eigenvalue weighted by Gasteiger charge is -2.40. The molecule has 0 unspecified atom stereocenters. The number of benzene rings is 1. The molecule has 0 bridgehead atoms. The second-order valence-corrected chi connectivity index (χ2v) is 6.10. The van der Waals surface area contributed by atoms with Gasteiger partial charge in [0.15, 0.2) is 11.6 Å². The van der Waals surface area contributed by atoms with Gasteiger partial charge < -0.3 is 14.7 Å². The molecule has 1 saturated heterocycles. The minimum atomic E-state index is -1.07. The summed E-state index contributed by atoms with van der Waals surface area (Å²) in [5.74, 6) is -4.10. The predicted molar refractivity (Wildman–Crippen MR) is 83.0 cm³/mol. The lowest BCUT2D eigenvalue weighted by atomic mass is 9.76. The van der Waals surface area contributed by atoms with Gasteiger partial charge in [0, 0.05) is 13.1 Å². The maximum Gasteiger partial charge on any atom is 0.311 e. The Morgan fingerprint density at radius 3 is 2.67 bits per heavy atom. The quantitative estimate of drug-likeness (QED) is 0.894. The Labute approximate surface area is 139 Å². The highest BCUT2D eigenvalue weighted by molar-refractivity contribution is 5.95. The van der Waals surface area contributed by atoms with Crippen molar-refractivity contribution in [3.63, 3.8) is 0 Å². The first-order valence-corrected chi connectivity index (χ1v) is 7.91. The van der Waals surface area contributed by atoms with Crippen LogP contribution in [0.2, 0.25) is 0 Å². The van der Waals surface area contributed by atoms with E-state index in [2.05, 4.69) is 0 Å². The van der Waals surface area contributed by atoms with Gasteiger partial charge >= 0.3 is 5.97 Å². The molecule has 0 saturated carbocycles. The number of carbonyl (C=O) groups is 2. The van der Waals surface area contributed by atoms with E-state index in [1.165, 1.54) is 12.0 Å². The minimum absolute atomic E-state index is 0.0505. The minimum Gasteiger partial charge on any atom is -0.494 e. The molecule has 1 amide bonds. The van der Waals surface area contributed by atoms with E-state index in [0.717, 1.165) is 12.1 Å². The summed E-state index contributed by atoms with van der Waals surface area (Å²) in [5, 5.41) is 9.58. The highest BCUT2D eigenvalue weighted by Crippen LogP contribution is 2.36. The van der Waals surface area contributed by atoms with Crippen molar-refractivity contribution in [2.24, 2.45) is 5.41 Å². The van der Waals surface area contributed by atoms with Crippen molar-refractivity contribution < 1.29 is 28.2 Å². The molecule has 2 rings (SSSR count). The molecule has 0 aromatic heterocycles. The molecule has 1 aromatic rings.